The van der Waals surface area contributed by atoms with Gasteiger partial charge in [-0.1, -0.05) is 5.16 Å². The average Bonchev–Trinajstić information content (AvgIpc) is 3.64. The van der Waals surface area contributed by atoms with Crippen LogP contribution in [0.1, 0.15) is 26.0 Å². The van der Waals surface area contributed by atoms with Crippen molar-refractivity contribution in [3.8, 4) is 17.0 Å². The van der Waals surface area contributed by atoms with Gasteiger partial charge in [-0.15, -0.1) is 15.6 Å². The monoisotopic (exact) mass is 667 g/mol. The van der Waals surface area contributed by atoms with E-state index < -0.39 is 58.2 Å². The normalized spacial score (nSPS) is 17.0. The van der Waals surface area contributed by atoms with Crippen molar-refractivity contribution in [3.05, 3.63) is 41.8 Å². The summed E-state index contributed by atoms with van der Waals surface area (Å²) in [5.74, 6) is -3.28. The molecule has 1 aliphatic rings. The number of hydroxylamine groups is 2. The summed E-state index contributed by atoms with van der Waals surface area (Å²) >= 11 is 0.950. The number of hydrogen-bond donors (Lipinski definition) is 5. The number of nitrogens with one attached hydrogen (secondary N) is 1. The second-order valence-electron chi connectivity index (χ2n) is 9.96. The molecule has 0 saturated carbocycles. The van der Waals surface area contributed by atoms with E-state index in [-0.39, 0.29) is 16.6 Å². The highest BCUT2D eigenvalue weighted by atomic mass is 32.3. The van der Waals surface area contributed by atoms with Crippen molar-refractivity contribution < 1.29 is 46.3 Å². The van der Waals surface area contributed by atoms with Crippen molar-refractivity contribution in [2.75, 3.05) is 18.9 Å². The van der Waals surface area contributed by atoms with E-state index in [9.17, 15) is 27.9 Å². The summed E-state index contributed by atoms with van der Waals surface area (Å²) in [7, 11) is -5.02. The molecule has 7 N–H and O–H groups in total. The minimum Gasteiger partial charge on any atom is -0.487 e. The topological polar surface area (TPSA) is 277 Å². The number of carbonyl (C=O) groups is 3. The number of amides is 2. The van der Waals surface area contributed by atoms with E-state index in [4.69, 9.17) is 25.6 Å². The lowest BCUT2D eigenvalue weighted by Crippen LogP contribution is -2.76. The SMILES string of the molecule is CC1(C)[C@H](NC(=O)/C(=N\OC(COc2ccc(-c3cnn(CCCN)c3)nc2)C(=O)O)c2csc(N)n2)C(=O)N1OS(=O)(=O)O. The molecule has 45 heavy (non-hydrogen) atoms. The molecule has 0 radical (unpaired) electrons. The summed E-state index contributed by atoms with van der Waals surface area (Å²) < 4.78 is 42.6. The maximum Gasteiger partial charge on any atom is 0.418 e. The molecule has 0 aromatic carbocycles. The third-order valence-electron chi connectivity index (χ3n) is 6.31. The quantitative estimate of drug-likeness (QED) is 0.0587. The minimum atomic E-state index is -5.02. The zero-order chi connectivity index (χ0) is 32.9. The number of β-lactam (4-membered cyclic amide) rings is 1. The highest BCUT2D eigenvalue weighted by molar-refractivity contribution is 7.80. The molecule has 0 spiro atoms. The van der Waals surface area contributed by atoms with E-state index in [0.29, 0.717) is 23.8 Å². The molecular weight excluding hydrogens is 638 g/mol. The maximum absolute atomic E-state index is 13.2. The predicted molar refractivity (Wildman–Crippen MR) is 156 cm³/mol. The van der Waals surface area contributed by atoms with Crippen LogP contribution in [0.3, 0.4) is 0 Å². The first-order valence-corrected chi connectivity index (χ1v) is 15.3. The smallest absolute Gasteiger partial charge is 0.418 e. The highest BCUT2D eigenvalue weighted by Crippen LogP contribution is 2.33. The lowest BCUT2D eigenvalue weighted by Gasteiger charge is -2.50. The molecule has 2 amide bonds. The molecule has 3 aromatic rings. The number of nitrogen functional groups attached to an aromatic ring is 1. The van der Waals surface area contributed by atoms with Gasteiger partial charge in [-0.3, -0.25) is 23.8 Å². The molecule has 19 nitrogen and oxygen atoms in total. The Kier molecular flexibility index (Phi) is 9.97. The van der Waals surface area contributed by atoms with Crippen LogP contribution in [0.4, 0.5) is 5.13 Å². The van der Waals surface area contributed by atoms with Crippen LogP contribution in [0, 0.1) is 0 Å². The first-order valence-electron chi connectivity index (χ1n) is 13.0. The third kappa shape index (κ3) is 8.07. The van der Waals surface area contributed by atoms with Crippen molar-refractivity contribution in [2.24, 2.45) is 10.9 Å². The van der Waals surface area contributed by atoms with Gasteiger partial charge in [0.1, 0.15) is 24.1 Å². The number of carboxylic acid groups (broad SMARTS) is 1. The molecule has 242 valence electrons. The second kappa shape index (κ2) is 13.5. The Bertz CT molecular complexity index is 1690. The number of thiazole rings is 1. The van der Waals surface area contributed by atoms with Gasteiger partial charge in [-0.05, 0) is 38.9 Å². The number of carbonyl (C=O) groups excluding carboxylic acids is 2. The summed E-state index contributed by atoms with van der Waals surface area (Å²) in [5.41, 5.74) is 10.5. The van der Waals surface area contributed by atoms with Gasteiger partial charge in [0, 0.05) is 23.7 Å². The van der Waals surface area contributed by atoms with Crippen molar-refractivity contribution >= 4 is 50.4 Å². The second-order valence-corrected chi connectivity index (χ2v) is 11.9. The Morgan fingerprint density at radius 1 is 1.29 bits per heavy atom. The summed E-state index contributed by atoms with van der Waals surface area (Å²) in [6, 6.07) is 1.90. The van der Waals surface area contributed by atoms with Crippen LogP contribution in [0.15, 0.2) is 41.3 Å². The fourth-order valence-corrected chi connectivity index (χ4v) is 4.96. The van der Waals surface area contributed by atoms with Crippen LogP contribution >= 0.6 is 11.3 Å². The molecule has 1 fully saturated rings. The Morgan fingerprint density at radius 3 is 2.62 bits per heavy atom. The lowest BCUT2D eigenvalue weighted by atomic mass is 9.84. The molecule has 1 unspecified atom stereocenters. The number of ether oxygens (including phenoxy) is 1. The van der Waals surface area contributed by atoms with E-state index in [1.54, 1.807) is 23.0 Å². The zero-order valence-electron chi connectivity index (χ0n) is 23.8. The van der Waals surface area contributed by atoms with Gasteiger partial charge >= 0.3 is 16.4 Å². The van der Waals surface area contributed by atoms with E-state index >= 15 is 0 Å². The Morgan fingerprint density at radius 2 is 2.04 bits per heavy atom. The minimum absolute atomic E-state index is 0.0512. The lowest BCUT2D eigenvalue weighted by molar-refractivity contribution is -0.218. The largest absolute Gasteiger partial charge is 0.487 e. The number of anilines is 1. The molecule has 0 aliphatic carbocycles. The van der Waals surface area contributed by atoms with E-state index in [0.717, 1.165) is 23.3 Å². The van der Waals surface area contributed by atoms with Gasteiger partial charge < -0.3 is 31.5 Å². The number of carboxylic acids is 1. The summed E-state index contributed by atoms with van der Waals surface area (Å²) in [6.45, 7) is 3.37. The molecule has 4 heterocycles. The Hall–Kier alpha value is -4.70. The van der Waals surface area contributed by atoms with Gasteiger partial charge in [-0.2, -0.15) is 18.6 Å². The fourth-order valence-electron chi connectivity index (χ4n) is 3.96. The van der Waals surface area contributed by atoms with Crippen LogP contribution in [0.25, 0.3) is 11.3 Å². The molecular formula is C24H29N9O10S2. The number of oxime groups is 1. The summed E-state index contributed by atoms with van der Waals surface area (Å²) in [4.78, 5) is 51.0. The van der Waals surface area contributed by atoms with Gasteiger partial charge in [0.2, 0.25) is 0 Å². The number of pyridine rings is 1. The van der Waals surface area contributed by atoms with Crippen LogP contribution in [-0.4, -0.2) is 97.2 Å². The molecule has 2 atom stereocenters. The van der Waals surface area contributed by atoms with Crippen LogP contribution in [0.2, 0.25) is 0 Å². The third-order valence-corrected chi connectivity index (χ3v) is 7.32. The number of hydrogen-bond acceptors (Lipinski definition) is 15. The number of nitrogens with zero attached hydrogens (tertiary/aromatic N) is 6. The van der Waals surface area contributed by atoms with Gasteiger partial charge in [0.25, 0.3) is 17.9 Å². The number of nitrogens with two attached hydrogens (primary N) is 2. The molecule has 4 rings (SSSR count). The van der Waals surface area contributed by atoms with Crippen molar-refractivity contribution in [3.63, 3.8) is 0 Å². The van der Waals surface area contributed by atoms with E-state index in [1.807, 2.05) is 6.20 Å². The first kappa shape index (κ1) is 33.2. The number of rotatable bonds is 15. The zero-order valence-corrected chi connectivity index (χ0v) is 25.4. The first-order chi connectivity index (χ1) is 21.2. The molecule has 1 aliphatic heterocycles. The van der Waals surface area contributed by atoms with Crippen molar-refractivity contribution in [1.82, 2.24) is 30.1 Å². The van der Waals surface area contributed by atoms with Crippen molar-refractivity contribution in [2.45, 2.75) is 44.5 Å². The molecule has 1 saturated heterocycles. The molecule has 3 aromatic heterocycles. The standard InChI is InChI=1S/C24H29N9O10S2/c1-24(2)19(21(35)33(24)43-45(38,39)40)30-20(34)18(16-12-44-23(26)29-16)31-42-17(22(36)37)11-41-14-4-5-15(27-9-14)13-8-28-32(10-13)7-3-6-25/h4-5,8-10,12,17,19H,3,6-7,11,25H2,1-2H3,(H2,26,29)(H,30,34)(H,36,37)(H,38,39,40)/b31-18-/t17?,19-/m1/s1. The van der Waals surface area contributed by atoms with Gasteiger partial charge in [0.05, 0.1) is 23.6 Å². The van der Waals surface area contributed by atoms with E-state index in [1.165, 1.54) is 25.4 Å². The molecule has 21 heteroatoms. The number of aliphatic carboxylic acids is 1. The molecule has 0 bridgehead atoms. The predicted octanol–water partition coefficient (Wildman–Crippen LogP) is -0.574. The summed E-state index contributed by atoms with van der Waals surface area (Å²) in [6.07, 6.45) is 3.93. The van der Waals surface area contributed by atoms with Crippen molar-refractivity contribution in [1.29, 1.82) is 0 Å². The van der Waals surface area contributed by atoms with E-state index in [2.05, 4.69) is 29.8 Å². The average molecular weight is 668 g/mol. The van der Waals surface area contributed by atoms with Gasteiger partial charge in [-0.25, -0.2) is 9.78 Å². The Labute approximate surface area is 259 Å². The summed E-state index contributed by atoms with van der Waals surface area (Å²) in [5, 5.41) is 21.7. The number of aromatic nitrogens is 4. The van der Waals surface area contributed by atoms with Gasteiger partial charge in [0.15, 0.2) is 10.8 Å². The van der Waals surface area contributed by atoms with Crippen LogP contribution in [0.5, 0.6) is 5.75 Å². The Balaban J connectivity index is 1.44. The van der Waals surface area contributed by atoms with Crippen LogP contribution < -0.4 is 21.5 Å². The highest BCUT2D eigenvalue weighted by Gasteiger charge is 2.58. The maximum atomic E-state index is 13.2. The number of aryl methyl sites for hydroxylation is 1. The fraction of sp³-hybridized carbons (Fsp3) is 0.375. The van der Waals surface area contributed by atoms with Crippen LogP contribution in [-0.2, 0) is 40.4 Å².